The number of carbonyl (C=O) groups excluding carboxylic acids is 1. The molecule has 162 valence electrons. The summed E-state index contributed by atoms with van der Waals surface area (Å²) < 4.78 is 0. The van der Waals surface area contributed by atoms with E-state index in [2.05, 4.69) is 43.3 Å². The summed E-state index contributed by atoms with van der Waals surface area (Å²) in [7, 11) is 0. The summed E-state index contributed by atoms with van der Waals surface area (Å²) in [5, 5.41) is 13.5. The molecule has 1 atom stereocenters. The number of fused-ring (bicyclic) bond motifs is 4. The summed E-state index contributed by atoms with van der Waals surface area (Å²) in [5.41, 5.74) is 5.32. The molecule has 2 aromatic carbocycles. The Morgan fingerprint density at radius 1 is 1.19 bits per heavy atom. The topological polar surface area (TPSA) is 96.8 Å². The minimum absolute atomic E-state index is 0.0750. The van der Waals surface area contributed by atoms with Crippen LogP contribution in [-0.4, -0.2) is 63.9 Å². The van der Waals surface area contributed by atoms with Gasteiger partial charge in [-0.05, 0) is 49.2 Å². The number of H-pyrrole nitrogens is 1. The number of nitrogens with one attached hydrogen (secondary N) is 2. The lowest BCUT2D eigenvalue weighted by Crippen LogP contribution is -2.39. The lowest BCUT2D eigenvalue weighted by molar-refractivity contribution is 0.104. The minimum atomic E-state index is -0.289. The van der Waals surface area contributed by atoms with Gasteiger partial charge in [0.15, 0.2) is 5.78 Å². The van der Waals surface area contributed by atoms with Gasteiger partial charge in [0.1, 0.15) is 11.7 Å². The first-order chi connectivity index (χ1) is 15.7. The third-order valence-corrected chi connectivity index (χ3v) is 6.37. The number of nitrogens with zero attached hydrogens (tertiary/aromatic N) is 4. The van der Waals surface area contributed by atoms with Crippen LogP contribution in [0.2, 0.25) is 0 Å². The maximum Gasteiger partial charge on any atom is 0.189 e. The number of piperidine rings is 1. The van der Waals surface area contributed by atoms with E-state index in [1.54, 1.807) is 18.5 Å². The Hall–Kier alpha value is -3.65. The van der Waals surface area contributed by atoms with Crippen molar-refractivity contribution in [2.75, 3.05) is 36.4 Å². The standard InChI is InChI=1S/C24H24N6O2/c31-17-2-1-8-29(13-17)16-4-5-18-20(11-16)28-23(30-9-7-25-24(18)30)12-22(32)15-3-6-19-21(10-15)27-14-26-19/h3-6,10-12,14,17,28,31H,1-2,7-9,13H2,(H,26,27). The molecular weight excluding hydrogens is 404 g/mol. The SMILES string of the molecule is O=C(C=C1Nc2cc(N3CCCC(O)C3)ccc2C2=NCCN12)c1ccc2nc[nH]c2c1. The monoisotopic (exact) mass is 428 g/mol. The number of aliphatic imine (C=N–C) groups is 1. The number of aliphatic hydroxyl groups excluding tert-OH is 1. The number of allylic oxidation sites excluding steroid dienone is 1. The van der Waals surface area contributed by atoms with Gasteiger partial charge in [-0.1, -0.05) is 0 Å². The van der Waals surface area contributed by atoms with Crippen molar-refractivity contribution < 1.29 is 9.90 Å². The first-order valence-corrected chi connectivity index (χ1v) is 11.0. The van der Waals surface area contributed by atoms with Crippen LogP contribution >= 0.6 is 0 Å². The van der Waals surface area contributed by atoms with Crippen LogP contribution in [0, 0.1) is 0 Å². The first-order valence-electron chi connectivity index (χ1n) is 11.0. The van der Waals surface area contributed by atoms with Gasteiger partial charge in [0.25, 0.3) is 0 Å². The lowest BCUT2D eigenvalue weighted by atomic mass is 10.0. The van der Waals surface area contributed by atoms with E-state index in [-0.39, 0.29) is 11.9 Å². The van der Waals surface area contributed by atoms with E-state index in [0.29, 0.717) is 18.7 Å². The zero-order chi connectivity index (χ0) is 21.7. The molecule has 1 saturated heterocycles. The number of imidazole rings is 1. The molecule has 32 heavy (non-hydrogen) atoms. The molecule has 3 N–H and O–H groups in total. The van der Waals surface area contributed by atoms with E-state index in [4.69, 9.17) is 4.99 Å². The highest BCUT2D eigenvalue weighted by Gasteiger charge is 2.30. The summed E-state index contributed by atoms with van der Waals surface area (Å²) in [6.45, 7) is 3.01. The van der Waals surface area contributed by atoms with Crippen molar-refractivity contribution in [2.24, 2.45) is 4.99 Å². The molecule has 6 rings (SSSR count). The van der Waals surface area contributed by atoms with E-state index in [1.165, 1.54) is 0 Å². The number of carbonyl (C=O) groups is 1. The molecule has 0 spiro atoms. The molecular formula is C24H24N6O2. The molecule has 1 unspecified atom stereocenters. The number of ketones is 1. The van der Waals surface area contributed by atoms with Crippen molar-refractivity contribution in [2.45, 2.75) is 18.9 Å². The van der Waals surface area contributed by atoms with Crippen LogP contribution in [0.25, 0.3) is 11.0 Å². The van der Waals surface area contributed by atoms with E-state index in [1.807, 2.05) is 12.1 Å². The highest BCUT2D eigenvalue weighted by atomic mass is 16.3. The number of hydrogen-bond acceptors (Lipinski definition) is 7. The van der Waals surface area contributed by atoms with Crippen LogP contribution in [0.5, 0.6) is 0 Å². The number of aromatic amines is 1. The van der Waals surface area contributed by atoms with Crippen LogP contribution in [0.3, 0.4) is 0 Å². The van der Waals surface area contributed by atoms with Gasteiger partial charge in [0, 0.05) is 42.5 Å². The van der Waals surface area contributed by atoms with E-state index >= 15 is 0 Å². The number of benzene rings is 2. The van der Waals surface area contributed by atoms with Crippen molar-refractivity contribution in [3.8, 4) is 0 Å². The fourth-order valence-electron chi connectivity index (χ4n) is 4.74. The Morgan fingerprint density at radius 2 is 2.12 bits per heavy atom. The average Bonchev–Trinajstić information content (AvgIpc) is 3.48. The Morgan fingerprint density at radius 3 is 3.03 bits per heavy atom. The average molecular weight is 428 g/mol. The van der Waals surface area contributed by atoms with Crippen molar-refractivity contribution in [1.82, 2.24) is 14.9 Å². The van der Waals surface area contributed by atoms with Gasteiger partial charge in [-0.15, -0.1) is 0 Å². The number of β-amino-alcohol motifs (C(OH)–C–C–N with tert-alkyl or cyclic N) is 1. The van der Waals surface area contributed by atoms with Gasteiger partial charge in [0.2, 0.25) is 0 Å². The van der Waals surface area contributed by atoms with Crippen LogP contribution in [0.4, 0.5) is 11.4 Å². The smallest absolute Gasteiger partial charge is 0.189 e. The third kappa shape index (κ3) is 3.23. The van der Waals surface area contributed by atoms with Crippen molar-refractivity contribution in [1.29, 1.82) is 0 Å². The molecule has 3 aliphatic rings. The van der Waals surface area contributed by atoms with Crippen molar-refractivity contribution >= 4 is 34.0 Å². The van der Waals surface area contributed by atoms with Crippen LogP contribution in [-0.2, 0) is 0 Å². The minimum Gasteiger partial charge on any atom is -0.391 e. The van der Waals surface area contributed by atoms with Gasteiger partial charge in [-0.3, -0.25) is 9.79 Å². The van der Waals surface area contributed by atoms with Crippen LogP contribution in [0.15, 0.2) is 59.6 Å². The Labute approximate surface area is 185 Å². The number of aromatic nitrogens is 2. The summed E-state index contributed by atoms with van der Waals surface area (Å²) >= 11 is 0. The van der Waals surface area contributed by atoms with Gasteiger partial charge >= 0.3 is 0 Å². The van der Waals surface area contributed by atoms with Crippen molar-refractivity contribution in [3.63, 3.8) is 0 Å². The third-order valence-electron chi connectivity index (χ3n) is 6.37. The Kier molecular flexibility index (Phi) is 4.46. The lowest BCUT2D eigenvalue weighted by Gasteiger charge is -2.35. The highest BCUT2D eigenvalue weighted by molar-refractivity contribution is 6.11. The number of hydrogen-bond donors (Lipinski definition) is 3. The fraction of sp³-hybridized carbons (Fsp3) is 0.292. The molecule has 0 amide bonds. The van der Waals surface area contributed by atoms with Crippen LogP contribution < -0.4 is 10.2 Å². The quantitative estimate of drug-likeness (QED) is 0.439. The fourth-order valence-corrected chi connectivity index (χ4v) is 4.74. The predicted octanol–water partition coefficient (Wildman–Crippen LogP) is 2.74. The summed E-state index contributed by atoms with van der Waals surface area (Å²) in [6.07, 6.45) is 4.82. The zero-order valence-corrected chi connectivity index (χ0v) is 17.6. The normalized spacial score (nSPS) is 21.3. The molecule has 4 heterocycles. The molecule has 0 aliphatic carbocycles. The largest absolute Gasteiger partial charge is 0.391 e. The molecule has 1 fully saturated rings. The van der Waals surface area contributed by atoms with Gasteiger partial charge in [0.05, 0.1) is 35.7 Å². The molecule has 8 nitrogen and oxygen atoms in total. The first kappa shape index (κ1) is 19.1. The molecule has 3 aromatic rings. The van der Waals surface area contributed by atoms with Crippen LogP contribution in [0.1, 0.15) is 28.8 Å². The van der Waals surface area contributed by atoms with Crippen molar-refractivity contribution in [3.05, 3.63) is 65.7 Å². The molecule has 1 aromatic heterocycles. The number of amidine groups is 1. The Balaban J connectivity index is 1.34. The second kappa shape index (κ2) is 7.49. The number of rotatable bonds is 3. The second-order valence-electron chi connectivity index (χ2n) is 8.48. The van der Waals surface area contributed by atoms with Gasteiger partial charge < -0.3 is 25.2 Å². The number of anilines is 2. The van der Waals surface area contributed by atoms with E-state index < -0.39 is 0 Å². The van der Waals surface area contributed by atoms with E-state index in [0.717, 1.165) is 65.6 Å². The zero-order valence-electron chi connectivity index (χ0n) is 17.6. The molecule has 0 radical (unpaired) electrons. The second-order valence-corrected chi connectivity index (χ2v) is 8.48. The molecule has 3 aliphatic heterocycles. The molecule has 0 bridgehead atoms. The summed E-state index contributed by atoms with van der Waals surface area (Å²) in [6, 6.07) is 11.8. The highest BCUT2D eigenvalue weighted by Crippen LogP contribution is 2.34. The predicted molar refractivity (Wildman–Crippen MR) is 124 cm³/mol. The number of aliphatic hydroxyl groups is 1. The van der Waals surface area contributed by atoms with Gasteiger partial charge in [-0.2, -0.15) is 0 Å². The maximum atomic E-state index is 13.1. The molecule has 8 heteroatoms. The summed E-state index contributed by atoms with van der Waals surface area (Å²) in [5.74, 6) is 1.56. The summed E-state index contributed by atoms with van der Waals surface area (Å²) in [4.78, 5) is 29.3. The maximum absolute atomic E-state index is 13.1. The molecule has 0 saturated carbocycles. The van der Waals surface area contributed by atoms with E-state index in [9.17, 15) is 9.90 Å². The Bertz CT molecular complexity index is 1280. The van der Waals surface area contributed by atoms with Gasteiger partial charge in [-0.25, -0.2) is 4.98 Å².